The van der Waals surface area contributed by atoms with Gasteiger partial charge in [-0.3, -0.25) is 4.57 Å². The van der Waals surface area contributed by atoms with Crippen LogP contribution in [0.5, 0.6) is 0 Å². The summed E-state index contributed by atoms with van der Waals surface area (Å²) in [6, 6.07) is 10.8. The summed E-state index contributed by atoms with van der Waals surface area (Å²) in [6.07, 6.45) is 0. The zero-order valence-corrected chi connectivity index (χ0v) is 9.11. The van der Waals surface area contributed by atoms with E-state index in [9.17, 15) is 4.57 Å². The third-order valence-electron chi connectivity index (χ3n) is 2.48. The Morgan fingerprint density at radius 1 is 1.07 bits per heavy atom. The Bertz CT molecular complexity index is 557. The molecule has 2 N–H and O–H groups in total. The number of aryl methyl sites for hydroxylation is 1. The average molecular weight is 222 g/mol. The van der Waals surface area contributed by atoms with Crippen molar-refractivity contribution in [2.45, 2.75) is 6.92 Å². The molecule has 78 valence electrons. The van der Waals surface area contributed by atoms with E-state index in [1.165, 1.54) is 6.07 Å². The van der Waals surface area contributed by atoms with Crippen molar-refractivity contribution in [2.24, 2.45) is 0 Å². The third-order valence-corrected chi connectivity index (χ3v) is 3.60. The van der Waals surface area contributed by atoms with Crippen LogP contribution in [0.1, 0.15) is 5.56 Å². The molecule has 4 heteroatoms. The van der Waals surface area contributed by atoms with Crippen molar-refractivity contribution in [3.8, 4) is 0 Å². The molecule has 0 atom stereocenters. The van der Waals surface area contributed by atoms with E-state index in [2.05, 4.69) is 0 Å². The molecule has 15 heavy (non-hydrogen) atoms. The minimum Gasteiger partial charge on any atom is -0.321 e. The average Bonchev–Trinajstić information content (AvgIpc) is 2.16. The van der Waals surface area contributed by atoms with Crippen molar-refractivity contribution >= 4 is 23.7 Å². The van der Waals surface area contributed by atoms with Crippen molar-refractivity contribution in [3.05, 3.63) is 42.0 Å². The van der Waals surface area contributed by atoms with Gasteiger partial charge < -0.3 is 9.79 Å². The lowest BCUT2D eigenvalue weighted by Gasteiger charge is -2.10. The first-order chi connectivity index (χ1) is 7.00. The summed E-state index contributed by atoms with van der Waals surface area (Å²) in [5.74, 6) is 0. The first kappa shape index (κ1) is 10.4. The predicted molar refractivity (Wildman–Crippen MR) is 60.4 cm³/mol. The van der Waals surface area contributed by atoms with Gasteiger partial charge in [0, 0.05) is 0 Å². The number of benzene rings is 2. The van der Waals surface area contributed by atoms with Crippen LogP contribution in [0.2, 0.25) is 0 Å². The SMILES string of the molecule is Cc1c(P(=O)(O)O)ccc2ccccc12. The highest BCUT2D eigenvalue weighted by Crippen LogP contribution is 2.36. The molecule has 0 heterocycles. The van der Waals surface area contributed by atoms with Crippen molar-refractivity contribution in [1.82, 2.24) is 0 Å². The Hall–Kier alpha value is -1.15. The summed E-state index contributed by atoms with van der Waals surface area (Å²) in [7, 11) is -4.16. The Morgan fingerprint density at radius 3 is 2.40 bits per heavy atom. The maximum Gasteiger partial charge on any atom is 0.356 e. The molecule has 0 aliphatic heterocycles. The molecular formula is C11H11O3P. The summed E-state index contributed by atoms with van der Waals surface area (Å²) in [4.78, 5) is 18.3. The molecule has 0 aliphatic rings. The van der Waals surface area contributed by atoms with Gasteiger partial charge in [0.15, 0.2) is 0 Å². The van der Waals surface area contributed by atoms with Gasteiger partial charge in [-0.2, -0.15) is 0 Å². The van der Waals surface area contributed by atoms with Crippen LogP contribution >= 0.6 is 7.60 Å². The van der Waals surface area contributed by atoms with E-state index in [0.717, 1.165) is 10.8 Å². The fourth-order valence-electron chi connectivity index (χ4n) is 1.73. The second kappa shape index (κ2) is 3.46. The van der Waals surface area contributed by atoms with Crippen LogP contribution in [-0.2, 0) is 4.57 Å². The quantitative estimate of drug-likeness (QED) is 0.725. The molecule has 0 aliphatic carbocycles. The molecule has 2 aromatic carbocycles. The number of rotatable bonds is 1. The largest absolute Gasteiger partial charge is 0.356 e. The maximum atomic E-state index is 11.2. The molecule has 0 saturated carbocycles. The van der Waals surface area contributed by atoms with E-state index < -0.39 is 7.60 Å². The topological polar surface area (TPSA) is 57.5 Å². The second-order valence-corrected chi connectivity index (χ2v) is 5.04. The zero-order chi connectivity index (χ0) is 11.1. The molecule has 0 saturated heterocycles. The third kappa shape index (κ3) is 1.82. The Kier molecular flexibility index (Phi) is 2.39. The lowest BCUT2D eigenvalue weighted by Crippen LogP contribution is -2.08. The Balaban J connectivity index is 2.82. The van der Waals surface area contributed by atoms with Crippen LogP contribution in [0.25, 0.3) is 10.8 Å². The van der Waals surface area contributed by atoms with Crippen LogP contribution in [0, 0.1) is 6.92 Å². The molecule has 3 nitrogen and oxygen atoms in total. The lowest BCUT2D eigenvalue weighted by atomic mass is 10.1. The molecule has 0 spiro atoms. The number of hydrogen-bond acceptors (Lipinski definition) is 1. The molecule has 0 amide bonds. The van der Waals surface area contributed by atoms with Gasteiger partial charge in [0.1, 0.15) is 0 Å². The second-order valence-electron chi connectivity index (χ2n) is 3.47. The molecule has 2 rings (SSSR count). The molecule has 0 bridgehead atoms. The normalized spacial score (nSPS) is 11.9. The van der Waals surface area contributed by atoms with Crippen LogP contribution in [0.4, 0.5) is 0 Å². The predicted octanol–water partition coefficient (Wildman–Crippen LogP) is 1.95. The minimum atomic E-state index is -4.16. The van der Waals surface area contributed by atoms with Gasteiger partial charge in [0.05, 0.1) is 5.30 Å². The molecule has 0 radical (unpaired) electrons. The van der Waals surface area contributed by atoms with E-state index in [4.69, 9.17) is 9.79 Å². The highest BCUT2D eigenvalue weighted by atomic mass is 31.2. The van der Waals surface area contributed by atoms with Gasteiger partial charge in [-0.25, -0.2) is 0 Å². The van der Waals surface area contributed by atoms with Gasteiger partial charge in [0.25, 0.3) is 0 Å². The maximum absolute atomic E-state index is 11.2. The van der Waals surface area contributed by atoms with Crippen LogP contribution in [-0.4, -0.2) is 9.79 Å². The molecule has 0 aromatic heterocycles. The van der Waals surface area contributed by atoms with E-state index in [-0.39, 0.29) is 5.30 Å². The summed E-state index contributed by atoms with van der Waals surface area (Å²) in [5, 5.41) is 1.99. The Labute approximate surface area is 87.5 Å². The molecule has 2 aromatic rings. The van der Waals surface area contributed by atoms with E-state index >= 15 is 0 Å². The summed E-state index contributed by atoms with van der Waals surface area (Å²) in [6.45, 7) is 1.73. The number of fused-ring (bicyclic) bond motifs is 1. The standard InChI is InChI=1S/C11H11O3P/c1-8-10-5-3-2-4-9(10)6-7-11(8)15(12,13)14/h2-7H,1H3,(H2,12,13,14). The zero-order valence-electron chi connectivity index (χ0n) is 8.21. The van der Waals surface area contributed by atoms with Crippen molar-refractivity contribution in [1.29, 1.82) is 0 Å². The van der Waals surface area contributed by atoms with Crippen molar-refractivity contribution in [2.75, 3.05) is 0 Å². The highest BCUT2D eigenvalue weighted by Gasteiger charge is 2.20. The lowest BCUT2D eigenvalue weighted by molar-refractivity contribution is 0.387. The number of hydrogen-bond donors (Lipinski definition) is 2. The fourth-order valence-corrected chi connectivity index (χ4v) is 2.56. The van der Waals surface area contributed by atoms with Crippen molar-refractivity contribution in [3.63, 3.8) is 0 Å². The van der Waals surface area contributed by atoms with Crippen molar-refractivity contribution < 1.29 is 14.4 Å². The van der Waals surface area contributed by atoms with Crippen LogP contribution in [0.3, 0.4) is 0 Å². The first-order valence-electron chi connectivity index (χ1n) is 4.54. The summed E-state index contributed by atoms with van der Waals surface area (Å²) < 4.78 is 11.2. The van der Waals surface area contributed by atoms with Crippen LogP contribution < -0.4 is 5.30 Å². The molecule has 0 fully saturated rings. The molecular weight excluding hydrogens is 211 g/mol. The monoisotopic (exact) mass is 222 g/mol. The molecule has 0 unspecified atom stereocenters. The van der Waals surface area contributed by atoms with Gasteiger partial charge in [-0.05, 0) is 29.3 Å². The van der Waals surface area contributed by atoms with E-state index in [0.29, 0.717) is 5.56 Å². The first-order valence-corrected chi connectivity index (χ1v) is 6.16. The smallest absolute Gasteiger partial charge is 0.321 e. The summed E-state index contributed by atoms with van der Waals surface area (Å²) in [5.41, 5.74) is 0.654. The van der Waals surface area contributed by atoms with Gasteiger partial charge in [0.2, 0.25) is 0 Å². The van der Waals surface area contributed by atoms with E-state index in [1.54, 1.807) is 13.0 Å². The highest BCUT2D eigenvalue weighted by molar-refractivity contribution is 7.60. The van der Waals surface area contributed by atoms with E-state index in [1.807, 2.05) is 24.3 Å². The van der Waals surface area contributed by atoms with Gasteiger partial charge >= 0.3 is 7.60 Å². The fraction of sp³-hybridized carbons (Fsp3) is 0.0909. The van der Waals surface area contributed by atoms with Gasteiger partial charge in [-0.1, -0.05) is 30.3 Å². The Morgan fingerprint density at radius 2 is 1.73 bits per heavy atom. The summed E-state index contributed by atoms with van der Waals surface area (Å²) >= 11 is 0. The van der Waals surface area contributed by atoms with Gasteiger partial charge in [-0.15, -0.1) is 0 Å². The minimum absolute atomic E-state index is 0.112. The van der Waals surface area contributed by atoms with Crippen LogP contribution in [0.15, 0.2) is 36.4 Å².